The smallest absolute Gasteiger partial charge is 0.223 e. The van der Waals surface area contributed by atoms with Gasteiger partial charge in [0.05, 0.1) is 6.54 Å². The third-order valence-corrected chi connectivity index (χ3v) is 5.06. The summed E-state index contributed by atoms with van der Waals surface area (Å²) >= 11 is 3.41. The Kier molecular flexibility index (Phi) is 4.50. The number of rotatable bonds is 5. The van der Waals surface area contributed by atoms with E-state index in [0.717, 1.165) is 42.6 Å². The number of benzene rings is 1. The summed E-state index contributed by atoms with van der Waals surface area (Å²) in [6.07, 6.45) is 3.34. The maximum atomic E-state index is 12.1. The van der Waals surface area contributed by atoms with Crippen LogP contribution in [0.3, 0.4) is 0 Å². The summed E-state index contributed by atoms with van der Waals surface area (Å²) in [5, 5.41) is 6.36. The van der Waals surface area contributed by atoms with Gasteiger partial charge in [-0.05, 0) is 56.0 Å². The Hall–Kier alpha value is -1.07. The van der Waals surface area contributed by atoms with E-state index in [4.69, 9.17) is 4.74 Å². The van der Waals surface area contributed by atoms with Crippen molar-refractivity contribution in [3.8, 4) is 5.75 Å². The van der Waals surface area contributed by atoms with Crippen LogP contribution in [0.15, 0.2) is 28.7 Å². The molecule has 5 heteroatoms. The molecule has 2 fully saturated rings. The van der Waals surface area contributed by atoms with Crippen LogP contribution in [0.2, 0.25) is 0 Å². The first-order chi connectivity index (χ1) is 10.2. The van der Waals surface area contributed by atoms with Crippen LogP contribution in [0.4, 0.5) is 0 Å². The number of ether oxygens (including phenoxy) is 1. The Labute approximate surface area is 133 Å². The first kappa shape index (κ1) is 14.9. The molecule has 1 amide bonds. The van der Waals surface area contributed by atoms with E-state index in [-0.39, 0.29) is 11.8 Å². The number of nitrogens with one attached hydrogen (secondary N) is 2. The minimum atomic E-state index is 0.203. The third-order valence-electron chi connectivity index (χ3n) is 4.57. The van der Waals surface area contributed by atoms with Crippen LogP contribution < -0.4 is 15.4 Å². The standard InChI is InChI=1S/C16H21BrN2O2/c17-12-2-1-3-13(10-12)21-9-8-19-15(20)14-11-16(14)4-6-18-7-5-16/h1-3,10,14,18H,4-9,11H2,(H,19,20). The zero-order valence-electron chi connectivity index (χ0n) is 12.0. The zero-order chi connectivity index (χ0) is 14.7. The molecule has 1 heterocycles. The number of carbonyl (C=O) groups excluding carboxylic acids is 1. The molecule has 0 radical (unpaired) electrons. The topological polar surface area (TPSA) is 50.4 Å². The normalized spacial score (nSPS) is 22.8. The molecule has 2 aliphatic rings. The summed E-state index contributed by atoms with van der Waals surface area (Å²) in [6, 6.07) is 7.73. The molecule has 0 aromatic heterocycles. The molecule has 4 nitrogen and oxygen atoms in total. The van der Waals surface area contributed by atoms with Crippen LogP contribution in [-0.2, 0) is 4.79 Å². The molecular formula is C16H21BrN2O2. The average molecular weight is 353 g/mol. The Morgan fingerprint density at radius 1 is 1.43 bits per heavy atom. The van der Waals surface area contributed by atoms with Gasteiger partial charge < -0.3 is 15.4 Å². The molecule has 2 N–H and O–H groups in total. The Morgan fingerprint density at radius 3 is 3.00 bits per heavy atom. The van der Waals surface area contributed by atoms with Crippen LogP contribution in [0.1, 0.15) is 19.3 Å². The van der Waals surface area contributed by atoms with Crippen molar-refractivity contribution < 1.29 is 9.53 Å². The summed E-state index contributed by atoms with van der Waals surface area (Å²) in [4.78, 5) is 12.1. The first-order valence-corrected chi connectivity index (χ1v) is 8.36. The molecule has 1 atom stereocenters. The van der Waals surface area contributed by atoms with Gasteiger partial charge in [0, 0.05) is 10.4 Å². The molecule has 1 saturated heterocycles. The van der Waals surface area contributed by atoms with E-state index >= 15 is 0 Å². The highest BCUT2D eigenvalue weighted by atomic mass is 79.9. The molecule has 21 heavy (non-hydrogen) atoms. The van der Waals surface area contributed by atoms with Crippen molar-refractivity contribution in [3.05, 3.63) is 28.7 Å². The van der Waals surface area contributed by atoms with Gasteiger partial charge in [-0.1, -0.05) is 22.0 Å². The lowest BCUT2D eigenvalue weighted by Gasteiger charge is -2.23. The van der Waals surface area contributed by atoms with Crippen molar-refractivity contribution in [3.63, 3.8) is 0 Å². The molecule has 1 saturated carbocycles. The Morgan fingerprint density at radius 2 is 2.24 bits per heavy atom. The highest BCUT2D eigenvalue weighted by Crippen LogP contribution is 2.58. The lowest BCUT2D eigenvalue weighted by Crippen LogP contribution is -2.35. The van der Waals surface area contributed by atoms with E-state index in [2.05, 4.69) is 26.6 Å². The number of piperidine rings is 1. The number of halogens is 1. The SMILES string of the molecule is O=C(NCCOc1cccc(Br)c1)C1CC12CCNCC2. The fourth-order valence-corrected chi connectivity index (χ4v) is 3.60. The summed E-state index contributed by atoms with van der Waals surface area (Å²) < 4.78 is 6.61. The van der Waals surface area contributed by atoms with Crippen LogP contribution in [-0.4, -0.2) is 32.1 Å². The molecule has 1 spiro atoms. The van der Waals surface area contributed by atoms with Gasteiger partial charge in [-0.25, -0.2) is 0 Å². The van der Waals surface area contributed by atoms with Gasteiger partial charge in [-0.3, -0.25) is 4.79 Å². The van der Waals surface area contributed by atoms with Crippen molar-refractivity contribution in [1.29, 1.82) is 0 Å². The maximum absolute atomic E-state index is 12.1. The average Bonchev–Trinajstić information content (AvgIpc) is 3.18. The predicted molar refractivity (Wildman–Crippen MR) is 85.3 cm³/mol. The highest BCUT2D eigenvalue weighted by Gasteiger charge is 2.57. The monoisotopic (exact) mass is 352 g/mol. The fraction of sp³-hybridized carbons (Fsp3) is 0.562. The summed E-state index contributed by atoms with van der Waals surface area (Å²) in [7, 11) is 0. The lowest BCUT2D eigenvalue weighted by atomic mass is 9.92. The Balaban J connectivity index is 1.37. The van der Waals surface area contributed by atoms with Gasteiger partial charge in [-0.2, -0.15) is 0 Å². The van der Waals surface area contributed by atoms with E-state index in [9.17, 15) is 4.79 Å². The van der Waals surface area contributed by atoms with Gasteiger partial charge in [-0.15, -0.1) is 0 Å². The van der Waals surface area contributed by atoms with Gasteiger partial charge in [0.2, 0.25) is 5.91 Å². The minimum Gasteiger partial charge on any atom is -0.492 e. The molecule has 1 aliphatic carbocycles. The largest absolute Gasteiger partial charge is 0.492 e. The second kappa shape index (κ2) is 6.36. The molecule has 1 unspecified atom stereocenters. The van der Waals surface area contributed by atoms with Crippen molar-refractivity contribution in [1.82, 2.24) is 10.6 Å². The number of hydrogen-bond donors (Lipinski definition) is 2. The number of amides is 1. The van der Waals surface area contributed by atoms with E-state index in [0.29, 0.717) is 18.6 Å². The van der Waals surface area contributed by atoms with Crippen LogP contribution >= 0.6 is 15.9 Å². The summed E-state index contributed by atoms with van der Waals surface area (Å²) in [6.45, 7) is 3.17. The first-order valence-electron chi connectivity index (χ1n) is 7.56. The maximum Gasteiger partial charge on any atom is 0.223 e. The van der Waals surface area contributed by atoms with E-state index in [1.165, 1.54) is 0 Å². The summed E-state index contributed by atoms with van der Waals surface area (Å²) in [5.74, 6) is 1.25. The molecule has 1 aromatic carbocycles. The van der Waals surface area contributed by atoms with Gasteiger partial charge in [0.25, 0.3) is 0 Å². The zero-order valence-corrected chi connectivity index (χ0v) is 13.6. The molecule has 0 bridgehead atoms. The van der Waals surface area contributed by atoms with Crippen molar-refractivity contribution in [2.45, 2.75) is 19.3 Å². The van der Waals surface area contributed by atoms with Crippen LogP contribution in [0, 0.1) is 11.3 Å². The van der Waals surface area contributed by atoms with Gasteiger partial charge in [0.15, 0.2) is 0 Å². The molecular weight excluding hydrogens is 332 g/mol. The highest BCUT2D eigenvalue weighted by molar-refractivity contribution is 9.10. The third kappa shape index (κ3) is 3.58. The van der Waals surface area contributed by atoms with E-state index in [1.807, 2.05) is 24.3 Å². The fourth-order valence-electron chi connectivity index (χ4n) is 3.22. The van der Waals surface area contributed by atoms with E-state index < -0.39 is 0 Å². The van der Waals surface area contributed by atoms with Gasteiger partial charge >= 0.3 is 0 Å². The predicted octanol–water partition coefficient (Wildman–Crippen LogP) is 2.33. The van der Waals surface area contributed by atoms with Crippen molar-refractivity contribution in [2.24, 2.45) is 11.3 Å². The second-order valence-corrected chi connectivity index (χ2v) is 6.88. The minimum absolute atomic E-state index is 0.203. The van der Waals surface area contributed by atoms with Gasteiger partial charge in [0.1, 0.15) is 12.4 Å². The Bertz CT molecular complexity index is 515. The van der Waals surface area contributed by atoms with Crippen molar-refractivity contribution in [2.75, 3.05) is 26.2 Å². The molecule has 3 rings (SSSR count). The van der Waals surface area contributed by atoms with Crippen molar-refractivity contribution >= 4 is 21.8 Å². The quantitative estimate of drug-likeness (QED) is 0.799. The second-order valence-electron chi connectivity index (χ2n) is 5.97. The molecule has 1 aliphatic heterocycles. The lowest BCUT2D eigenvalue weighted by molar-refractivity contribution is -0.123. The summed E-state index contributed by atoms with van der Waals surface area (Å²) in [5.41, 5.74) is 0.306. The van der Waals surface area contributed by atoms with Crippen LogP contribution in [0.25, 0.3) is 0 Å². The molecule has 1 aromatic rings. The molecule has 114 valence electrons. The number of carbonyl (C=O) groups is 1. The van der Waals surface area contributed by atoms with Crippen LogP contribution in [0.5, 0.6) is 5.75 Å². The number of hydrogen-bond acceptors (Lipinski definition) is 3. The van der Waals surface area contributed by atoms with E-state index in [1.54, 1.807) is 0 Å².